The van der Waals surface area contributed by atoms with E-state index in [4.69, 9.17) is 11.6 Å². The van der Waals surface area contributed by atoms with Crippen molar-refractivity contribution in [2.75, 3.05) is 0 Å². The number of hydrogen-bond donors (Lipinski definition) is 0. The average Bonchev–Trinajstić information content (AvgIpc) is 2.32. The number of halogens is 2. The van der Waals surface area contributed by atoms with Gasteiger partial charge in [0.1, 0.15) is 5.82 Å². The van der Waals surface area contributed by atoms with Crippen molar-refractivity contribution in [1.82, 2.24) is 0 Å². The van der Waals surface area contributed by atoms with Gasteiger partial charge in [-0.3, -0.25) is 0 Å². The molecule has 94 valence electrons. The number of alkyl halides is 1. The maximum atomic E-state index is 13.1. The number of aryl methyl sites for hydroxylation is 1. The van der Waals surface area contributed by atoms with Gasteiger partial charge in [0.25, 0.3) is 0 Å². The Balaban J connectivity index is 2.22. The van der Waals surface area contributed by atoms with Gasteiger partial charge < -0.3 is 0 Å². The minimum absolute atomic E-state index is 0.119. The van der Waals surface area contributed by atoms with Crippen molar-refractivity contribution in [3.8, 4) is 0 Å². The van der Waals surface area contributed by atoms with E-state index in [0.29, 0.717) is 6.42 Å². The first-order valence-corrected chi connectivity index (χ1v) is 6.46. The molecule has 2 aromatic rings. The summed E-state index contributed by atoms with van der Waals surface area (Å²) < 4.78 is 13.1. The van der Waals surface area contributed by atoms with E-state index in [1.807, 2.05) is 18.2 Å². The number of hydrogen-bond acceptors (Lipinski definition) is 0. The summed E-state index contributed by atoms with van der Waals surface area (Å²) in [5.74, 6) is -0.211. The summed E-state index contributed by atoms with van der Waals surface area (Å²) in [4.78, 5) is 0. The first-order valence-electron chi connectivity index (χ1n) is 6.02. The van der Waals surface area contributed by atoms with E-state index in [1.165, 1.54) is 17.2 Å². The second-order valence-electron chi connectivity index (χ2n) is 4.59. The molecule has 0 saturated heterocycles. The topological polar surface area (TPSA) is 0 Å². The van der Waals surface area contributed by atoms with Crippen LogP contribution in [0.1, 0.15) is 27.6 Å². The summed E-state index contributed by atoms with van der Waals surface area (Å²) in [6, 6.07) is 12.7. The lowest BCUT2D eigenvalue weighted by Gasteiger charge is -2.14. The Morgan fingerprint density at radius 2 is 1.83 bits per heavy atom. The molecule has 0 N–H and O–H groups in total. The molecule has 0 saturated carbocycles. The van der Waals surface area contributed by atoms with E-state index >= 15 is 0 Å². The first-order chi connectivity index (χ1) is 8.58. The van der Waals surface area contributed by atoms with Crippen LogP contribution in [0.5, 0.6) is 0 Å². The van der Waals surface area contributed by atoms with E-state index in [9.17, 15) is 4.39 Å². The van der Waals surface area contributed by atoms with Crippen molar-refractivity contribution < 1.29 is 4.39 Å². The Morgan fingerprint density at radius 1 is 1.11 bits per heavy atom. The van der Waals surface area contributed by atoms with Crippen LogP contribution in [0.4, 0.5) is 4.39 Å². The van der Waals surface area contributed by atoms with Crippen molar-refractivity contribution in [3.63, 3.8) is 0 Å². The summed E-state index contributed by atoms with van der Waals surface area (Å²) in [5.41, 5.74) is 4.50. The van der Waals surface area contributed by atoms with E-state index in [-0.39, 0.29) is 11.2 Å². The normalized spacial score (nSPS) is 12.4. The van der Waals surface area contributed by atoms with Crippen LogP contribution in [0.2, 0.25) is 0 Å². The monoisotopic (exact) mass is 262 g/mol. The molecule has 0 bridgehead atoms. The third-order valence-electron chi connectivity index (χ3n) is 3.29. The molecule has 0 spiro atoms. The summed E-state index contributed by atoms with van der Waals surface area (Å²) in [7, 11) is 0. The van der Waals surface area contributed by atoms with Gasteiger partial charge in [0.15, 0.2) is 0 Å². The fourth-order valence-electron chi connectivity index (χ4n) is 2.09. The molecular formula is C16H16ClF. The highest BCUT2D eigenvalue weighted by Gasteiger charge is 2.12. The molecule has 0 aliphatic rings. The lowest BCUT2D eigenvalue weighted by molar-refractivity contribution is 0.625. The maximum Gasteiger partial charge on any atom is 0.123 e. The van der Waals surface area contributed by atoms with Gasteiger partial charge in [-0.1, -0.05) is 30.3 Å². The fraction of sp³-hybridized carbons (Fsp3) is 0.250. The smallest absolute Gasteiger partial charge is 0.123 e. The Labute approximate surface area is 112 Å². The van der Waals surface area contributed by atoms with Crippen LogP contribution in [-0.2, 0) is 6.42 Å². The standard InChI is InChI=1S/C16H16ClF/c1-11-5-3-8-15(12(11)2)16(17)10-13-6-4-7-14(18)9-13/h3-9,16H,10H2,1-2H3. The van der Waals surface area contributed by atoms with Crippen LogP contribution in [0.25, 0.3) is 0 Å². The molecule has 1 unspecified atom stereocenters. The third-order valence-corrected chi connectivity index (χ3v) is 3.68. The van der Waals surface area contributed by atoms with Crippen LogP contribution in [0, 0.1) is 19.7 Å². The summed E-state index contributed by atoms with van der Waals surface area (Å²) in [5, 5.41) is -0.119. The highest BCUT2D eigenvalue weighted by Crippen LogP contribution is 2.29. The molecule has 2 aromatic carbocycles. The van der Waals surface area contributed by atoms with Crippen molar-refractivity contribution in [1.29, 1.82) is 0 Å². The Hall–Kier alpha value is -1.34. The van der Waals surface area contributed by atoms with Gasteiger partial charge in [-0.15, -0.1) is 11.6 Å². The van der Waals surface area contributed by atoms with Crippen molar-refractivity contribution >= 4 is 11.6 Å². The molecule has 1 atom stereocenters. The Morgan fingerprint density at radius 3 is 2.56 bits per heavy atom. The molecule has 0 aliphatic carbocycles. The van der Waals surface area contributed by atoms with E-state index in [1.54, 1.807) is 12.1 Å². The van der Waals surface area contributed by atoms with E-state index in [0.717, 1.165) is 11.1 Å². The predicted molar refractivity (Wildman–Crippen MR) is 74.6 cm³/mol. The molecule has 0 fully saturated rings. The van der Waals surface area contributed by atoms with Gasteiger partial charge >= 0.3 is 0 Å². The second-order valence-corrected chi connectivity index (χ2v) is 5.12. The highest BCUT2D eigenvalue weighted by molar-refractivity contribution is 6.21. The fourth-order valence-corrected chi connectivity index (χ4v) is 2.51. The van der Waals surface area contributed by atoms with Crippen molar-refractivity contribution in [3.05, 3.63) is 70.5 Å². The molecule has 0 radical (unpaired) electrons. The summed E-state index contributed by atoms with van der Waals surface area (Å²) in [6.07, 6.45) is 0.642. The zero-order chi connectivity index (χ0) is 13.1. The summed E-state index contributed by atoms with van der Waals surface area (Å²) >= 11 is 6.45. The highest BCUT2D eigenvalue weighted by atomic mass is 35.5. The number of rotatable bonds is 3. The van der Waals surface area contributed by atoms with E-state index < -0.39 is 0 Å². The average molecular weight is 263 g/mol. The first kappa shape index (κ1) is 13.1. The molecular weight excluding hydrogens is 247 g/mol. The molecule has 18 heavy (non-hydrogen) atoms. The largest absolute Gasteiger partial charge is 0.207 e. The molecule has 2 heteroatoms. The molecule has 0 nitrogen and oxygen atoms in total. The van der Waals surface area contributed by atoms with Gasteiger partial charge in [0.05, 0.1) is 5.38 Å². The lowest BCUT2D eigenvalue weighted by atomic mass is 9.97. The van der Waals surface area contributed by atoms with Crippen LogP contribution in [0.15, 0.2) is 42.5 Å². The minimum atomic E-state index is -0.211. The van der Waals surface area contributed by atoms with Gasteiger partial charge in [-0.05, 0) is 54.7 Å². The molecule has 0 aliphatic heterocycles. The lowest BCUT2D eigenvalue weighted by Crippen LogP contribution is -2.00. The Bertz CT molecular complexity index is 549. The van der Waals surface area contributed by atoms with Gasteiger partial charge in [0, 0.05) is 0 Å². The second kappa shape index (κ2) is 5.53. The van der Waals surface area contributed by atoms with Crippen LogP contribution >= 0.6 is 11.6 Å². The SMILES string of the molecule is Cc1cccc(C(Cl)Cc2cccc(F)c2)c1C. The zero-order valence-corrected chi connectivity index (χ0v) is 11.3. The van der Waals surface area contributed by atoms with Crippen LogP contribution < -0.4 is 0 Å². The van der Waals surface area contributed by atoms with Gasteiger partial charge in [0.2, 0.25) is 0 Å². The molecule has 0 heterocycles. The predicted octanol–water partition coefficient (Wildman–Crippen LogP) is 4.97. The van der Waals surface area contributed by atoms with Gasteiger partial charge in [-0.2, -0.15) is 0 Å². The van der Waals surface area contributed by atoms with Crippen LogP contribution in [-0.4, -0.2) is 0 Å². The quantitative estimate of drug-likeness (QED) is 0.686. The third kappa shape index (κ3) is 2.91. The van der Waals surface area contributed by atoms with Gasteiger partial charge in [-0.25, -0.2) is 4.39 Å². The Kier molecular flexibility index (Phi) is 4.03. The minimum Gasteiger partial charge on any atom is -0.207 e. The van der Waals surface area contributed by atoms with Crippen molar-refractivity contribution in [2.24, 2.45) is 0 Å². The maximum absolute atomic E-state index is 13.1. The van der Waals surface area contributed by atoms with Crippen LogP contribution in [0.3, 0.4) is 0 Å². The number of benzene rings is 2. The molecule has 0 amide bonds. The molecule has 0 aromatic heterocycles. The zero-order valence-electron chi connectivity index (χ0n) is 10.6. The summed E-state index contributed by atoms with van der Waals surface area (Å²) in [6.45, 7) is 4.15. The van der Waals surface area contributed by atoms with Crippen molar-refractivity contribution in [2.45, 2.75) is 25.6 Å². The molecule has 2 rings (SSSR count). The van der Waals surface area contributed by atoms with E-state index in [2.05, 4.69) is 19.9 Å².